The topological polar surface area (TPSA) is 36.3 Å². The van der Waals surface area contributed by atoms with Gasteiger partial charge in [0.2, 0.25) is 0 Å². The number of ether oxygens (including phenoxy) is 1. The highest BCUT2D eigenvalue weighted by molar-refractivity contribution is 4.75. The lowest BCUT2D eigenvalue weighted by atomic mass is 10.4. The Labute approximate surface area is 62.2 Å². The Morgan fingerprint density at radius 3 is 2.70 bits per heavy atom. The van der Waals surface area contributed by atoms with Crippen LogP contribution in [0.2, 0.25) is 0 Å². The molecule has 0 rings (SSSR count). The number of nitriles is 1. The first-order valence-electron chi connectivity index (χ1n) is 3.29. The van der Waals surface area contributed by atoms with Crippen molar-refractivity contribution in [2.75, 3.05) is 27.2 Å². The van der Waals surface area contributed by atoms with Crippen LogP contribution in [0.5, 0.6) is 0 Å². The van der Waals surface area contributed by atoms with E-state index in [0.29, 0.717) is 6.54 Å². The highest BCUT2D eigenvalue weighted by Crippen LogP contribution is 1.90. The molecule has 0 aromatic carbocycles. The minimum absolute atomic E-state index is 0.207. The molecule has 0 saturated heterocycles. The monoisotopic (exact) mass is 142 g/mol. The molecule has 0 amide bonds. The number of rotatable bonds is 4. The zero-order valence-corrected chi connectivity index (χ0v) is 6.79. The van der Waals surface area contributed by atoms with E-state index >= 15 is 0 Å². The van der Waals surface area contributed by atoms with E-state index in [2.05, 4.69) is 6.07 Å². The van der Waals surface area contributed by atoms with E-state index in [9.17, 15) is 0 Å². The Morgan fingerprint density at radius 1 is 1.70 bits per heavy atom. The molecule has 0 aliphatic rings. The molecular formula is C7H14N2O. The Bertz CT molecular complexity index is 119. The molecule has 0 aliphatic carbocycles. The highest BCUT2D eigenvalue weighted by Gasteiger charge is 2.02. The maximum atomic E-state index is 8.29. The summed E-state index contributed by atoms with van der Waals surface area (Å²) in [6, 6.07) is 2.07. The van der Waals surface area contributed by atoms with E-state index < -0.39 is 0 Å². The van der Waals surface area contributed by atoms with Crippen molar-refractivity contribution in [3.05, 3.63) is 0 Å². The van der Waals surface area contributed by atoms with Gasteiger partial charge in [-0.15, -0.1) is 0 Å². The van der Waals surface area contributed by atoms with Crippen LogP contribution in [0, 0.1) is 11.3 Å². The lowest BCUT2D eigenvalue weighted by molar-refractivity contribution is 0.0895. The van der Waals surface area contributed by atoms with Gasteiger partial charge in [0.25, 0.3) is 0 Å². The van der Waals surface area contributed by atoms with Crippen LogP contribution in [0.4, 0.5) is 0 Å². The molecule has 0 N–H and O–H groups in total. The summed E-state index contributed by atoms with van der Waals surface area (Å²) in [6.07, 6.45) is 0.207. The normalized spacial score (nSPS) is 13.1. The summed E-state index contributed by atoms with van der Waals surface area (Å²) in [4.78, 5) is 1.92. The van der Waals surface area contributed by atoms with Crippen molar-refractivity contribution in [2.45, 2.75) is 13.0 Å². The maximum absolute atomic E-state index is 8.29. The second-order valence-corrected chi connectivity index (χ2v) is 2.40. The molecule has 0 heterocycles. The smallest absolute Gasteiger partial charge is 0.0864 e. The van der Waals surface area contributed by atoms with Crippen LogP contribution >= 0.6 is 0 Å². The molecule has 3 nitrogen and oxygen atoms in total. The number of hydrogen-bond donors (Lipinski definition) is 0. The second kappa shape index (κ2) is 5.21. The largest absolute Gasteiger partial charge is 0.380 e. The Kier molecular flexibility index (Phi) is 4.91. The maximum Gasteiger partial charge on any atom is 0.0864 e. The summed E-state index contributed by atoms with van der Waals surface area (Å²) >= 11 is 0. The van der Waals surface area contributed by atoms with Gasteiger partial charge in [0.05, 0.1) is 18.7 Å². The lowest BCUT2D eigenvalue weighted by Gasteiger charge is -2.16. The van der Waals surface area contributed by atoms with Crippen molar-refractivity contribution >= 4 is 0 Å². The molecule has 0 aromatic rings. The summed E-state index contributed by atoms with van der Waals surface area (Å²) in [7, 11) is 3.57. The zero-order chi connectivity index (χ0) is 7.98. The van der Waals surface area contributed by atoms with E-state index in [1.807, 2.05) is 18.9 Å². The fourth-order valence-corrected chi connectivity index (χ4v) is 0.699. The van der Waals surface area contributed by atoms with Gasteiger partial charge in [-0.3, -0.25) is 4.90 Å². The van der Waals surface area contributed by atoms with Gasteiger partial charge in [0, 0.05) is 13.7 Å². The minimum Gasteiger partial charge on any atom is -0.380 e. The van der Waals surface area contributed by atoms with Gasteiger partial charge in [0.15, 0.2) is 0 Å². The van der Waals surface area contributed by atoms with Gasteiger partial charge in [-0.05, 0) is 14.0 Å². The molecule has 1 unspecified atom stereocenters. The predicted molar refractivity (Wildman–Crippen MR) is 39.6 cm³/mol. The Balaban J connectivity index is 3.38. The predicted octanol–water partition coefficient (Wildman–Crippen LogP) is 0.477. The third-order valence-corrected chi connectivity index (χ3v) is 1.31. The van der Waals surface area contributed by atoms with Gasteiger partial charge < -0.3 is 4.74 Å². The molecule has 0 bridgehead atoms. The first-order valence-corrected chi connectivity index (χ1v) is 3.29. The first-order chi connectivity index (χ1) is 4.70. The van der Waals surface area contributed by atoms with Crippen molar-refractivity contribution in [1.82, 2.24) is 4.90 Å². The van der Waals surface area contributed by atoms with Crippen LogP contribution in [0.3, 0.4) is 0 Å². The average molecular weight is 142 g/mol. The second-order valence-electron chi connectivity index (χ2n) is 2.40. The van der Waals surface area contributed by atoms with E-state index in [1.54, 1.807) is 7.11 Å². The van der Waals surface area contributed by atoms with Crippen molar-refractivity contribution in [3.63, 3.8) is 0 Å². The molecule has 3 heteroatoms. The molecule has 58 valence electrons. The molecule has 1 atom stereocenters. The molecule has 0 saturated carbocycles. The van der Waals surface area contributed by atoms with Crippen LogP contribution in [0.15, 0.2) is 0 Å². The molecule has 0 aliphatic heterocycles. The molecule has 0 aromatic heterocycles. The molecule has 10 heavy (non-hydrogen) atoms. The number of hydrogen-bond acceptors (Lipinski definition) is 3. The Morgan fingerprint density at radius 2 is 2.30 bits per heavy atom. The van der Waals surface area contributed by atoms with Crippen molar-refractivity contribution in [2.24, 2.45) is 0 Å². The van der Waals surface area contributed by atoms with Crippen molar-refractivity contribution < 1.29 is 4.74 Å². The molecule has 0 radical (unpaired) electrons. The third kappa shape index (κ3) is 4.30. The molecular weight excluding hydrogens is 128 g/mol. The summed E-state index contributed by atoms with van der Waals surface area (Å²) in [5, 5.41) is 8.29. The Hall–Kier alpha value is -0.590. The fraction of sp³-hybridized carbons (Fsp3) is 0.857. The molecule has 0 spiro atoms. The highest BCUT2D eigenvalue weighted by atomic mass is 16.5. The van der Waals surface area contributed by atoms with Gasteiger partial charge >= 0.3 is 0 Å². The van der Waals surface area contributed by atoms with Crippen LogP contribution in [-0.4, -0.2) is 38.3 Å². The first kappa shape index (κ1) is 9.41. The van der Waals surface area contributed by atoms with Crippen molar-refractivity contribution in [3.8, 4) is 6.07 Å². The summed E-state index contributed by atoms with van der Waals surface area (Å²) in [6.45, 7) is 3.26. The van der Waals surface area contributed by atoms with Crippen molar-refractivity contribution in [1.29, 1.82) is 5.26 Å². The number of methoxy groups -OCH3 is 1. The average Bonchev–Trinajstić information content (AvgIpc) is 1.88. The summed E-state index contributed by atoms with van der Waals surface area (Å²) < 4.78 is 5.02. The van der Waals surface area contributed by atoms with E-state index in [0.717, 1.165) is 6.54 Å². The lowest BCUT2D eigenvalue weighted by Crippen LogP contribution is -2.28. The number of likely N-dealkylation sites (N-methyl/N-ethyl adjacent to an activating group) is 1. The fourth-order valence-electron chi connectivity index (χ4n) is 0.699. The van der Waals surface area contributed by atoms with Crippen LogP contribution in [-0.2, 0) is 4.74 Å². The number of nitrogens with zero attached hydrogens (tertiary/aromatic N) is 2. The zero-order valence-electron chi connectivity index (χ0n) is 6.79. The van der Waals surface area contributed by atoms with E-state index in [-0.39, 0.29) is 6.10 Å². The van der Waals surface area contributed by atoms with E-state index in [4.69, 9.17) is 10.00 Å². The summed E-state index contributed by atoms with van der Waals surface area (Å²) in [5.74, 6) is 0. The standard InChI is InChI=1S/C7H14N2O/c1-7(10-3)6-9(2)5-4-8/h7H,5-6H2,1-3H3. The van der Waals surface area contributed by atoms with Gasteiger partial charge in [-0.25, -0.2) is 0 Å². The quantitative estimate of drug-likeness (QED) is 0.535. The SMILES string of the molecule is COC(C)CN(C)CC#N. The van der Waals surface area contributed by atoms with Crippen LogP contribution in [0.1, 0.15) is 6.92 Å². The third-order valence-electron chi connectivity index (χ3n) is 1.31. The summed E-state index contributed by atoms with van der Waals surface area (Å²) in [5.41, 5.74) is 0. The molecule has 0 fully saturated rings. The van der Waals surface area contributed by atoms with Crippen LogP contribution in [0.25, 0.3) is 0 Å². The van der Waals surface area contributed by atoms with Gasteiger partial charge in [0.1, 0.15) is 0 Å². The van der Waals surface area contributed by atoms with E-state index in [1.165, 1.54) is 0 Å². The van der Waals surface area contributed by atoms with Crippen LogP contribution < -0.4 is 0 Å². The van der Waals surface area contributed by atoms with Gasteiger partial charge in [-0.2, -0.15) is 5.26 Å². The minimum atomic E-state index is 0.207. The van der Waals surface area contributed by atoms with Gasteiger partial charge in [-0.1, -0.05) is 0 Å².